The normalized spacial score (nSPS) is 55.7. The molecule has 0 spiro atoms. The summed E-state index contributed by atoms with van der Waals surface area (Å²) in [4.78, 5) is 15.5. The van der Waals surface area contributed by atoms with Crippen LogP contribution < -0.4 is 0 Å². The zero-order chi connectivity index (χ0) is 67.7. The van der Waals surface area contributed by atoms with Gasteiger partial charge in [-0.25, -0.2) is 0 Å². The maximum Gasteiger partial charge on any atom is 0.315 e. The predicted molar refractivity (Wildman–Crippen MR) is 310 cm³/mol. The first-order valence-electron chi connectivity index (χ1n) is 33.0. The molecule has 0 aromatic heterocycles. The van der Waals surface area contributed by atoms with E-state index in [1.807, 2.05) is 6.92 Å². The van der Waals surface area contributed by atoms with Crippen LogP contribution in [0.2, 0.25) is 0 Å². The SMILES string of the molecule is C[C@@H]1O[C@@H](O[C@@H]2[C@@H](O)[C@H](O[C@@H]3[C@@H](O)[C@@H](O)[C@H](O[C@H]4[C@H](OC(=O)[C@]56CCC(C)(C)C[C@H]5C5=CC[C@@H]7[C@@]8(C)C[C@H](O)[C@H](O[C@@H]9O[C@H](CO)[C@@H](O)[C@H](O[C@@H]%10OC[C@@H](O)[C@H](O)[C@H]%10O)[C@H]9O)[C@@](C)(CO)[C@@H]8CC[C@@]7(C)[C@]5(C)CC6)OC[C@H](O)[C@@H]4O)O[C@H]3C)OC[C@H]2O)[C@H](O)[C@H](O)[C@H]1O. The molecule has 534 valence electrons. The Hall–Kier alpha value is -1.91. The van der Waals surface area contributed by atoms with Gasteiger partial charge in [0.1, 0.15) is 110 Å². The van der Waals surface area contributed by atoms with Crippen LogP contribution in [0.25, 0.3) is 0 Å². The number of rotatable bonds is 14. The summed E-state index contributed by atoms with van der Waals surface area (Å²) >= 11 is 0. The van der Waals surface area contributed by atoms with E-state index in [-0.39, 0.29) is 29.6 Å². The number of carbonyl (C=O) groups is 1. The Labute approximate surface area is 539 Å². The van der Waals surface area contributed by atoms with Crippen LogP contribution in [0.5, 0.6) is 0 Å². The molecule has 10 fully saturated rings. The van der Waals surface area contributed by atoms with Crippen LogP contribution in [0, 0.1) is 50.2 Å². The Kier molecular flexibility index (Phi) is 20.9. The molecule has 0 aromatic rings. The molecule has 0 amide bonds. The molecule has 11 aliphatic rings. The molecule has 6 saturated heterocycles. The van der Waals surface area contributed by atoms with Gasteiger partial charge < -0.3 is 144 Å². The number of fused-ring (bicyclic) bond motifs is 7. The minimum atomic E-state index is -1.96. The number of aliphatic hydroxyl groups excluding tert-OH is 17. The molecule has 5 aliphatic carbocycles. The van der Waals surface area contributed by atoms with E-state index in [0.717, 1.165) is 5.57 Å². The summed E-state index contributed by atoms with van der Waals surface area (Å²) in [7, 11) is 0. The summed E-state index contributed by atoms with van der Waals surface area (Å²) < 4.78 is 71.0. The first-order valence-corrected chi connectivity index (χ1v) is 33.0. The fourth-order valence-electron chi connectivity index (χ4n) is 18.7. The average Bonchev–Trinajstić information content (AvgIpc) is 0.674. The molecular formula is C63H102O30. The van der Waals surface area contributed by atoms with Gasteiger partial charge in [0.15, 0.2) is 37.6 Å². The van der Waals surface area contributed by atoms with E-state index >= 15 is 4.79 Å². The van der Waals surface area contributed by atoms with E-state index in [2.05, 4.69) is 40.7 Å². The third-order valence-electron chi connectivity index (χ3n) is 24.5. The zero-order valence-electron chi connectivity index (χ0n) is 53.9. The summed E-state index contributed by atoms with van der Waals surface area (Å²) in [6, 6.07) is 0. The minimum Gasteiger partial charge on any atom is -0.432 e. The maximum atomic E-state index is 15.5. The van der Waals surface area contributed by atoms with E-state index in [4.69, 9.17) is 56.8 Å². The summed E-state index contributed by atoms with van der Waals surface area (Å²) in [5.41, 5.74) is -2.99. The van der Waals surface area contributed by atoms with Crippen LogP contribution >= 0.6 is 0 Å². The van der Waals surface area contributed by atoms with Crippen molar-refractivity contribution < 1.29 is 148 Å². The average molecular weight is 1340 g/mol. The molecule has 30 nitrogen and oxygen atoms in total. The van der Waals surface area contributed by atoms with Crippen LogP contribution in [0.4, 0.5) is 0 Å². The monoisotopic (exact) mass is 1340 g/mol. The van der Waals surface area contributed by atoms with Crippen LogP contribution in [-0.4, -0.2) is 304 Å². The highest BCUT2D eigenvalue weighted by Gasteiger charge is 2.72. The fraction of sp³-hybridized carbons (Fsp3) is 0.952. The quantitative estimate of drug-likeness (QED) is 0.0443. The molecule has 0 bridgehead atoms. The number of esters is 1. The summed E-state index contributed by atoms with van der Waals surface area (Å²) in [6.07, 6.45) is -39.1. The molecule has 11 rings (SSSR count). The summed E-state index contributed by atoms with van der Waals surface area (Å²) in [5, 5.41) is 187. The second kappa shape index (κ2) is 26.9. The van der Waals surface area contributed by atoms with Gasteiger partial charge in [0, 0.05) is 5.41 Å². The Morgan fingerprint density at radius 1 is 0.495 bits per heavy atom. The molecule has 0 aromatic carbocycles. The predicted octanol–water partition coefficient (Wildman–Crippen LogP) is -4.47. The van der Waals surface area contributed by atoms with Gasteiger partial charge >= 0.3 is 5.97 Å². The Balaban J connectivity index is 0.784. The highest BCUT2D eigenvalue weighted by atomic mass is 16.8. The van der Waals surface area contributed by atoms with Crippen molar-refractivity contribution in [1.82, 2.24) is 0 Å². The molecule has 6 aliphatic heterocycles. The highest BCUT2D eigenvalue weighted by molar-refractivity contribution is 5.79. The van der Waals surface area contributed by atoms with E-state index < -0.39 is 244 Å². The van der Waals surface area contributed by atoms with Gasteiger partial charge in [-0.2, -0.15) is 0 Å². The maximum absolute atomic E-state index is 15.5. The van der Waals surface area contributed by atoms with Gasteiger partial charge in [-0.05, 0) is 111 Å². The van der Waals surface area contributed by atoms with Crippen molar-refractivity contribution in [3.05, 3.63) is 11.6 Å². The number of aliphatic hydroxyl groups is 17. The van der Waals surface area contributed by atoms with Crippen molar-refractivity contribution in [3.8, 4) is 0 Å². The molecule has 4 saturated carbocycles. The molecular weight excluding hydrogens is 1240 g/mol. The number of ether oxygens (including phenoxy) is 12. The van der Waals surface area contributed by atoms with Crippen LogP contribution in [0.3, 0.4) is 0 Å². The lowest BCUT2D eigenvalue weighted by molar-refractivity contribution is -0.377. The number of carbonyl (C=O) groups excluding carboxylic acids is 1. The van der Waals surface area contributed by atoms with Gasteiger partial charge in [0.2, 0.25) is 6.29 Å². The Bertz CT molecular complexity index is 2630. The molecule has 93 heavy (non-hydrogen) atoms. The molecule has 0 radical (unpaired) electrons. The van der Waals surface area contributed by atoms with Crippen molar-refractivity contribution in [3.63, 3.8) is 0 Å². The minimum absolute atomic E-state index is 0.0839. The molecule has 6 heterocycles. The number of hydrogen-bond donors (Lipinski definition) is 17. The fourth-order valence-corrected chi connectivity index (χ4v) is 18.7. The van der Waals surface area contributed by atoms with Gasteiger partial charge in [0.25, 0.3) is 0 Å². The second-order valence-corrected chi connectivity index (χ2v) is 30.5. The Morgan fingerprint density at radius 3 is 1.71 bits per heavy atom. The van der Waals surface area contributed by atoms with Crippen molar-refractivity contribution >= 4 is 5.97 Å². The zero-order valence-corrected chi connectivity index (χ0v) is 53.9. The van der Waals surface area contributed by atoms with Crippen molar-refractivity contribution in [2.24, 2.45) is 50.2 Å². The largest absolute Gasteiger partial charge is 0.432 e. The van der Waals surface area contributed by atoms with E-state index in [1.54, 1.807) is 0 Å². The number of allylic oxidation sites excluding steroid dienone is 2. The molecule has 17 N–H and O–H groups in total. The van der Waals surface area contributed by atoms with Gasteiger partial charge in [0.05, 0.1) is 62.9 Å². The topological polar surface area (TPSA) is 472 Å². The van der Waals surface area contributed by atoms with E-state index in [1.165, 1.54) is 13.8 Å². The van der Waals surface area contributed by atoms with Gasteiger partial charge in [-0.3, -0.25) is 4.79 Å². The summed E-state index contributed by atoms with van der Waals surface area (Å²) in [6.45, 7) is 13.2. The third-order valence-corrected chi connectivity index (χ3v) is 24.5. The van der Waals surface area contributed by atoms with Gasteiger partial charge in [-0.1, -0.05) is 53.2 Å². The van der Waals surface area contributed by atoms with Gasteiger partial charge in [-0.15, -0.1) is 0 Å². The van der Waals surface area contributed by atoms with E-state index in [9.17, 15) is 86.8 Å². The van der Waals surface area contributed by atoms with Crippen LogP contribution in [0.1, 0.15) is 113 Å². The second-order valence-electron chi connectivity index (χ2n) is 30.5. The lowest BCUT2D eigenvalue weighted by atomic mass is 9.33. The lowest BCUT2D eigenvalue weighted by Gasteiger charge is -2.72. The first kappa shape index (κ1) is 72.3. The smallest absolute Gasteiger partial charge is 0.315 e. The Morgan fingerprint density at radius 2 is 1.04 bits per heavy atom. The number of hydrogen-bond acceptors (Lipinski definition) is 30. The third kappa shape index (κ3) is 12.3. The molecule has 0 unspecified atom stereocenters. The van der Waals surface area contributed by atoms with Crippen LogP contribution in [-0.2, 0) is 61.6 Å². The van der Waals surface area contributed by atoms with Crippen LogP contribution in [0.15, 0.2) is 11.6 Å². The van der Waals surface area contributed by atoms with E-state index in [0.29, 0.717) is 51.4 Å². The highest BCUT2D eigenvalue weighted by Crippen LogP contribution is 2.76. The van der Waals surface area contributed by atoms with Crippen molar-refractivity contribution in [2.75, 3.05) is 33.0 Å². The first-order chi connectivity index (χ1) is 43.6. The molecule has 30 heteroatoms. The standard InChI is InChI=1S/C63H102O30/c1-24-35(70)39(74)42(77)53(85-24)89-47-31(69)22-83-52(44(47)79)88-46-25(2)86-54(43(78)40(46)75)91-49-37(72)30(68)21-84-56(49)93-57(81)63-15-13-58(3,4)17-27(63)26-9-10-34-59(5)18-28(66)50(60(6,23-65)33(59)11-12-62(34,8)61(26,7)14-16-63)92-55-45(80)48(38(73)32(19-64)87-55)90-51-41(76)36(71)29(67)20-82-51/h9,24-25,27-56,64-80H,10-23H2,1-8H3/t24-,25-,27-,28-,29+,30-,31+,32+,33+,34+,35-,36-,37-,38+,39+,40-,41+,42+,43+,44+,45+,46-,47-,48-,49+,50-,51-,52-,53-,54-,55-,56-,59-,60-,61+,62+,63-/m0/s1. The summed E-state index contributed by atoms with van der Waals surface area (Å²) in [5.74, 6) is -1.33. The van der Waals surface area contributed by atoms with Crippen molar-refractivity contribution in [1.29, 1.82) is 0 Å². The van der Waals surface area contributed by atoms with Crippen molar-refractivity contribution in [2.45, 2.75) is 291 Å². The molecule has 37 atom stereocenters. The lowest BCUT2D eigenvalue weighted by Crippen LogP contribution is -2.70.